The smallest absolute Gasteiger partial charge is 0.270 e. The molecule has 0 bridgehead atoms. The van der Waals surface area contributed by atoms with Gasteiger partial charge in [0.1, 0.15) is 5.69 Å². The Labute approximate surface area is 105 Å². The van der Waals surface area contributed by atoms with E-state index in [0.29, 0.717) is 18.8 Å². The molecule has 17 heavy (non-hydrogen) atoms. The van der Waals surface area contributed by atoms with Crippen LogP contribution in [0.1, 0.15) is 28.3 Å². The third-order valence-corrected chi connectivity index (χ3v) is 3.11. The molecule has 1 heterocycles. The van der Waals surface area contributed by atoms with Gasteiger partial charge in [-0.1, -0.05) is 0 Å². The Hall–Kier alpha value is -0.980. The molecule has 96 valence electrons. The van der Waals surface area contributed by atoms with Crippen molar-refractivity contribution in [2.45, 2.75) is 19.3 Å². The minimum atomic E-state index is -0.109. The zero-order valence-electron chi connectivity index (χ0n) is 10.1. The van der Waals surface area contributed by atoms with Crippen LogP contribution in [-0.2, 0) is 11.2 Å². The molecule has 1 aromatic rings. The van der Waals surface area contributed by atoms with Crippen molar-refractivity contribution in [1.82, 2.24) is 10.3 Å². The first-order valence-corrected chi connectivity index (χ1v) is 6.57. The number of hydrogen-bond donors (Lipinski definition) is 2. The molecule has 0 aliphatic carbocycles. The van der Waals surface area contributed by atoms with Crippen LogP contribution < -0.4 is 11.1 Å². The lowest BCUT2D eigenvalue weighted by Gasteiger charge is -2.02. The van der Waals surface area contributed by atoms with Crippen LogP contribution in [0.3, 0.4) is 0 Å². The monoisotopic (exact) mass is 257 g/mol. The molecule has 0 radical (unpaired) electrons. The van der Waals surface area contributed by atoms with Crippen LogP contribution in [0.5, 0.6) is 0 Å². The van der Waals surface area contributed by atoms with Gasteiger partial charge in [0.25, 0.3) is 5.91 Å². The van der Waals surface area contributed by atoms with Crippen molar-refractivity contribution in [3.8, 4) is 0 Å². The van der Waals surface area contributed by atoms with Gasteiger partial charge in [0.15, 0.2) is 0 Å². The number of nitrogens with two attached hydrogens (primary N) is 1. The maximum absolute atomic E-state index is 11.7. The van der Waals surface area contributed by atoms with Crippen molar-refractivity contribution in [2.24, 2.45) is 5.73 Å². The maximum atomic E-state index is 11.7. The topological polar surface area (TPSA) is 77.2 Å². The number of rotatable bonds is 8. The third kappa shape index (κ3) is 5.25. The Morgan fingerprint density at radius 1 is 1.59 bits per heavy atom. The summed E-state index contributed by atoms with van der Waals surface area (Å²) in [7, 11) is 1.67. The van der Waals surface area contributed by atoms with Gasteiger partial charge in [0, 0.05) is 32.1 Å². The fourth-order valence-electron chi connectivity index (χ4n) is 1.32. The molecule has 0 saturated heterocycles. The molecule has 3 N–H and O–H groups in total. The Balaban J connectivity index is 2.26. The predicted octanol–water partition coefficient (Wildman–Crippen LogP) is 0.801. The van der Waals surface area contributed by atoms with E-state index in [2.05, 4.69) is 10.3 Å². The highest BCUT2D eigenvalue weighted by Crippen LogP contribution is 2.09. The molecule has 0 unspecified atom stereocenters. The van der Waals surface area contributed by atoms with Gasteiger partial charge in [-0.25, -0.2) is 4.98 Å². The van der Waals surface area contributed by atoms with E-state index in [4.69, 9.17) is 10.5 Å². The lowest BCUT2D eigenvalue weighted by atomic mass is 10.3. The van der Waals surface area contributed by atoms with E-state index in [1.807, 2.05) is 0 Å². The molecule has 0 saturated carbocycles. The Morgan fingerprint density at radius 2 is 2.41 bits per heavy atom. The SMILES string of the molecule is COCCCCNC(=O)c1csc(CCN)n1. The van der Waals surface area contributed by atoms with Gasteiger partial charge in [0.2, 0.25) is 0 Å². The second kappa shape index (κ2) is 8.16. The molecular formula is C11H19N3O2S. The van der Waals surface area contributed by atoms with Crippen molar-refractivity contribution in [3.63, 3.8) is 0 Å². The largest absolute Gasteiger partial charge is 0.385 e. The molecule has 1 amide bonds. The number of thiazole rings is 1. The maximum Gasteiger partial charge on any atom is 0.270 e. The fourth-order valence-corrected chi connectivity index (χ4v) is 2.11. The van der Waals surface area contributed by atoms with Gasteiger partial charge in [-0.05, 0) is 19.4 Å². The van der Waals surface area contributed by atoms with E-state index in [0.717, 1.165) is 30.9 Å². The van der Waals surface area contributed by atoms with E-state index in [9.17, 15) is 4.79 Å². The minimum absolute atomic E-state index is 0.109. The second-order valence-electron chi connectivity index (χ2n) is 3.62. The Morgan fingerprint density at radius 3 is 3.12 bits per heavy atom. The van der Waals surface area contributed by atoms with E-state index >= 15 is 0 Å². The Kier molecular flexibility index (Phi) is 6.76. The van der Waals surface area contributed by atoms with Crippen molar-refractivity contribution < 1.29 is 9.53 Å². The highest BCUT2D eigenvalue weighted by atomic mass is 32.1. The zero-order valence-corrected chi connectivity index (χ0v) is 10.9. The second-order valence-corrected chi connectivity index (χ2v) is 4.56. The lowest BCUT2D eigenvalue weighted by Crippen LogP contribution is -2.25. The average Bonchev–Trinajstić information content (AvgIpc) is 2.78. The molecule has 0 fully saturated rings. The number of carbonyl (C=O) groups is 1. The van der Waals surface area contributed by atoms with Crippen LogP contribution >= 0.6 is 11.3 Å². The first-order chi connectivity index (χ1) is 8.27. The first-order valence-electron chi connectivity index (χ1n) is 5.69. The molecule has 0 atom stereocenters. The lowest BCUT2D eigenvalue weighted by molar-refractivity contribution is 0.0947. The molecule has 6 heteroatoms. The summed E-state index contributed by atoms with van der Waals surface area (Å²) in [6.45, 7) is 1.95. The summed E-state index contributed by atoms with van der Waals surface area (Å²) < 4.78 is 4.93. The number of unbranched alkanes of at least 4 members (excludes halogenated alkanes) is 1. The van der Waals surface area contributed by atoms with Gasteiger partial charge in [-0.2, -0.15) is 0 Å². The number of hydrogen-bond acceptors (Lipinski definition) is 5. The predicted molar refractivity (Wildman–Crippen MR) is 68.3 cm³/mol. The molecule has 0 aliphatic rings. The quantitative estimate of drug-likeness (QED) is 0.675. The molecule has 0 spiro atoms. The summed E-state index contributed by atoms with van der Waals surface area (Å²) in [4.78, 5) is 15.9. The van der Waals surface area contributed by atoms with Crippen molar-refractivity contribution >= 4 is 17.2 Å². The van der Waals surface area contributed by atoms with Crippen LogP contribution in [-0.4, -0.2) is 37.7 Å². The average molecular weight is 257 g/mol. The van der Waals surface area contributed by atoms with Crippen LogP contribution in [0.25, 0.3) is 0 Å². The summed E-state index contributed by atoms with van der Waals surface area (Å²) in [5.41, 5.74) is 5.92. The Bertz CT molecular complexity index is 341. The van der Waals surface area contributed by atoms with E-state index < -0.39 is 0 Å². The molecule has 0 aromatic carbocycles. The van der Waals surface area contributed by atoms with Crippen LogP contribution in [0.4, 0.5) is 0 Å². The van der Waals surface area contributed by atoms with Gasteiger partial charge >= 0.3 is 0 Å². The van der Waals surface area contributed by atoms with E-state index in [-0.39, 0.29) is 5.91 Å². The summed E-state index contributed by atoms with van der Waals surface area (Å²) in [5, 5.41) is 5.52. The van der Waals surface area contributed by atoms with Crippen LogP contribution in [0.15, 0.2) is 5.38 Å². The summed E-state index contributed by atoms with van der Waals surface area (Å²) in [5.74, 6) is -0.109. The van der Waals surface area contributed by atoms with Crippen molar-refractivity contribution in [3.05, 3.63) is 16.1 Å². The number of ether oxygens (including phenoxy) is 1. The normalized spacial score (nSPS) is 10.5. The number of nitrogens with one attached hydrogen (secondary N) is 1. The molecule has 1 aromatic heterocycles. The summed E-state index contributed by atoms with van der Waals surface area (Å²) in [6, 6.07) is 0. The van der Waals surface area contributed by atoms with E-state index in [1.54, 1.807) is 12.5 Å². The van der Waals surface area contributed by atoms with Gasteiger partial charge in [-0.3, -0.25) is 4.79 Å². The minimum Gasteiger partial charge on any atom is -0.385 e. The van der Waals surface area contributed by atoms with Crippen LogP contribution in [0.2, 0.25) is 0 Å². The van der Waals surface area contributed by atoms with Crippen molar-refractivity contribution in [2.75, 3.05) is 26.8 Å². The van der Waals surface area contributed by atoms with Gasteiger partial charge in [-0.15, -0.1) is 11.3 Å². The number of aromatic nitrogens is 1. The molecule has 0 aliphatic heterocycles. The zero-order chi connectivity index (χ0) is 12.5. The molecule has 5 nitrogen and oxygen atoms in total. The fraction of sp³-hybridized carbons (Fsp3) is 0.636. The standard InChI is InChI=1S/C11H19N3O2S/c1-16-7-3-2-6-13-11(15)9-8-17-10(14-9)4-5-12/h8H,2-7,12H2,1H3,(H,13,15). The number of carbonyl (C=O) groups excluding carboxylic acids is 1. The number of methoxy groups -OCH3 is 1. The van der Waals surface area contributed by atoms with Crippen molar-refractivity contribution in [1.29, 1.82) is 0 Å². The van der Waals surface area contributed by atoms with Crippen LogP contribution in [0, 0.1) is 0 Å². The molecule has 1 rings (SSSR count). The first kappa shape index (κ1) is 14.1. The highest BCUT2D eigenvalue weighted by Gasteiger charge is 2.09. The van der Waals surface area contributed by atoms with Gasteiger partial charge < -0.3 is 15.8 Å². The summed E-state index contributed by atoms with van der Waals surface area (Å²) >= 11 is 1.48. The molecular weight excluding hydrogens is 238 g/mol. The highest BCUT2D eigenvalue weighted by molar-refractivity contribution is 7.09. The summed E-state index contributed by atoms with van der Waals surface area (Å²) in [6.07, 6.45) is 2.59. The number of nitrogens with zero attached hydrogens (tertiary/aromatic N) is 1. The third-order valence-electron chi connectivity index (χ3n) is 2.20. The number of amides is 1. The van der Waals surface area contributed by atoms with Gasteiger partial charge in [0.05, 0.1) is 5.01 Å². The van der Waals surface area contributed by atoms with E-state index in [1.165, 1.54) is 11.3 Å².